The van der Waals surface area contributed by atoms with Gasteiger partial charge in [0.2, 0.25) is 11.7 Å². The summed E-state index contributed by atoms with van der Waals surface area (Å²) in [5.74, 6) is 0.0704. The Kier molecular flexibility index (Phi) is 5.44. The van der Waals surface area contributed by atoms with Crippen LogP contribution in [0.15, 0.2) is 47.2 Å². The van der Waals surface area contributed by atoms with Crippen LogP contribution in [-0.4, -0.2) is 32.6 Å². The van der Waals surface area contributed by atoms with E-state index in [1.54, 1.807) is 45.0 Å². The summed E-state index contributed by atoms with van der Waals surface area (Å²) < 4.78 is 16.1. The molecule has 0 aliphatic heterocycles. The molecule has 0 unspecified atom stereocenters. The van der Waals surface area contributed by atoms with Crippen molar-refractivity contribution < 1.29 is 23.5 Å². The highest BCUT2D eigenvalue weighted by Crippen LogP contribution is 2.24. The van der Waals surface area contributed by atoms with Crippen molar-refractivity contribution in [1.82, 2.24) is 15.0 Å². The minimum Gasteiger partial charge on any atom is -0.444 e. The number of aromatic nitrogens is 3. The molecule has 0 saturated heterocycles. The molecule has 0 aliphatic rings. The largest absolute Gasteiger partial charge is 0.444 e. The SMILES string of the molecule is CC(C)(C)OC(=O)Nc1cccc(Oc2ccnc(-c3nc(C(N)=O)co3)n2)c1. The number of primary amides is 1. The summed E-state index contributed by atoms with van der Waals surface area (Å²) in [5.41, 5.74) is 5.01. The first-order chi connectivity index (χ1) is 13.7. The lowest BCUT2D eigenvalue weighted by Gasteiger charge is -2.19. The number of amides is 2. The van der Waals surface area contributed by atoms with Crippen molar-refractivity contribution in [3.05, 3.63) is 48.5 Å². The molecular formula is C19H19N5O5. The molecule has 3 N–H and O–H groups in total. The molecule has 0 saturated carbocycles. The number of benzene rings is 1. The van der Waals surface area contributed by atoms with E-state index in [-0.39, 0.29) is 23.3 Å². The minimum absolute atomic E-state index is 0.0316. The molecule has 10 heteroatoms. The molecule has 2 heterocycles. The van der Waals surface area contributed by atoms with E-state index >= 15 is 0 Å². The number of carbonyl (C=O) groups is 2. The maximum absolute atomic E-state index is 11.9. The lowest BCUT2D eigenvalue weighted by molar-refractivity contribution is 0.0635. The van der Waals surface area contributed by atoms with Crippen molar-refractivity contribution in [2.24, 2.45) is 5.73 Å². The Hall–Kier alpha value is -3.95. The molecule has 29 heavy (non-hydrogen) atoms. The molecule has 150 valence electrons. The smallest absolute Gasteiger partial charge is 0.412 e. The molecule has 1 aromatic carbocycles. The molecular weight excluding hydrogens is 378 g/mol. The van der Waals surface area contributed by atoms with Crippen LogP contribution in [0.4, 0.5) is 10.5 Å². The predicted molar refractivity (Wildman–Crippen MR) is 102 cm³/mol. The second-order valence-corrected chi connectivity index (χ2v) is 6.88. The van der Waals surface area contributed by atoms with Gasteiger partial charge in [-0.25, -0.2) is 14.8 Å². The van der Waals surface area contributed by atoms with Crippen LogP contribution in [0.3, 0.4) is 0 Å². The maximum Gasteiger partial charge on any atom is 0.412 e. The van der Waals surface area contributed by atoms with Crippen LogP contribution in [0.2, 0.25) is 0 Å². The molecule has 0 bridgehead atoms. The third-order valence-corrected chi connectivity index (χ3v) is 3.28. The zero-order valence-electron chi connectivity index (χ0n) is 16.0. The molecule has 2 aromatic heterocycles. The predicted octanol–water partition coefficient (Wildman–Crippen LogP) is 3.37. The van der Waals surface area contributed by atoms with E-state index in [0.29, 0.717) is 11.4 Å². The van der Waals surface area contributed by atoms with Gasteiger partial charge in [-0.15, -0.1) is 0 Å². The number of nitrogens with two attached hydrogens (primary N) is 1. The minimum atomic E-state index is -0.721. The van der Waals surface area contributed by atoms with Gasteiger partial charge in [-0.05, 0) is 32.9 Å². The number of nitrogens with zero attached hydrogens (tertiary/aromatic N) is 3. The Bertz CT molecular complexity index is 1040. The number of ether oxygens (including phenoxy) is 2. The van der Waals surface area contributed by atoms with Crippen molar-refractivity contribution in [2.45, 2.75) is 26.4 Å². The van der Waals surface area contributed by atoms with Gasteiger partial charge in [0.1, 0.15) is 17.6 Å². The molecule has 0 aliphatic carbocycles. The molecule has 10 nitrogen and oxygen atoms in total. The zero-order chi connectivity index (χ0) is 21.0. The molecule has 0 spiro atoms. The van der Waals surface area contributed by atoms with E-state index in [1.165, 1.54) is 12.3 Å². The monoisotopic (exact) mass is 397 g/mol. The number of oxazole rings is 1. The maximum atomic E-state index is 11.9. The van der Waals surface area contributed by atoms with E-state index in [4.69, 9.17) is 19.6 Å². The first-order valence-electron chi connectivity index (χ1n) is 8.56. The number of hydrogen-bond donors (Lipinski definition) is 2. The first kappa shape index (κ1) is 19.8. The van der Waals surface area contributed by atoms with Crippen LogP contribution in [0, 0.1) is 0 Å². The third kappa shape index (κ3) is 5.51. The van der Waals surface area contributed by atoms with Gasteiger partial charge >= 0.3 is 6.09 Å². The lowest BCUT2D eigenvalue weighted by atomic mass is 10.2. The van der Waals surface area contributed by atoms with Crippen LogP contribution in [0.1, 0.15) is 31.3 Å². The molecule has 2 amide bonds. The van der Waals surface area contributed by atoms with E-state index in [9.17, 15) is 9.59 Å². The summed E-state index contributed by atoms with van der Waals surface area (Å²) in [6.07, 6.45) is 2.00. The highest BCUT2D eigenvalue weighted by Gasteiger charge is 2.17. The van der Waals surface area contributed by atoms with Gasteiger partial charge in [-0.1, -0.05) is 6.07 Å². The van der Waals surface area contributed by atoms with Crippen molar-refractivity contribution in [3.63, 3.8) is 0 Å². The second kappa shape index (κ2) is 7.97. The Balaban J connectivity index is 1.73. The van der Waals surface area contributed by atoms with Crippen molar-refractivity contribution in [2.75, 3.05) is 5.32 Å². The number of carbonyl (C=O) groups excluding carboxylic acids is 2. The molecule has 0 fully saturated rings. The Morgan fingerprint density at radius 1 is 1.17 bits per heavy atom. The summed E-state index contributed by atoms with van der Waals surface area (Å²) in [4.78, 5) is 35.2. The summed E-state index contributed by atoms with van der Waals surface area (Å²) >= 11 is 0. The first-order valence-corrected chi connectivity index (χ1v) is 8.56. The Morgan fingerprint density at radius 2 is 1.97 bits per heavy atom. The fourth-order valence-corrected chi connectivity index (χ4v) is 2.17. The highest BCUT2D eigenvalue weighted by molar-refractivity contribution is 5.90. The van der Waals surface area contributed by atoms with E-state index in [1.807, 2.05) is 0 Å². The fourth-order valence-electron chi connectivity index (χ4n) is 2.17. The van der Waals surface area contributed by atoms with E-state index in [0.717, 1.165) is 6.26 Å². The van der Waals surface area contributed by atoms with Gasteiger partial charge in [0.15, 0.2) is 5.69 Å². The van der Waals surface area contributed by atoms with Crippen LogP contribution in [0.25, 0.3) is 11.7 Å². The summed E-state index contributed by atoms with van der Waals surface area (Å²) in [6.45, 7) is 5.33. The standard InChI is InChI=1S/C19H19N5O5/c1-19(2,3)29-18(26)22-11-5-4-6-12(9-11)28-14-7-8-21-16(24-14)17-23-13(10-27-17)15(20)25/h4-10H,1-3H3,(H2,20,25)(H,22,26). The van der Waals surface area contributed by atoms with Crippen LogP contribution in [-0.2, 0) is 4.74 Å². The number of nitrogens with one attached hydrogen (secondary N) is 1. The topological polar surface area (TPSA) is 142 Å². The number of anilines is 1. The molecule has 0 radical (unpaired) electrons. The summed E-state index contributed by atoms with van der Waals surface area (Å²) in [6, 6.07) is 8.24. The Morgan fingerprint density at radius 3 is 2.66 bits per heavy atom. The van der Waals surface area contributed by atoms with Crippen molar-refractivity contribution in [1.29, 1.82) is 0 Å². The van der Waals surface area contributed by atoms with Gasteiger partial charge in [-0.3, -0.25) is 10.1 Å². The fraction of sp³-hybridized carbons (Fsp3) is 0.211. The number of rotatable bonds is 5. The van der Waals surface area contributed by atoms with E-state index in [2.05, 4.69) is 20.3 Å². The summed E-state index contributed by atoms with van der Waals surface area (Å²) in [5, 5.41) is 2.63. The van der Waals surface area contributed by atoms with Crippen LogP contribution in [0.5, 0.6) is 11.6 Å². The van der Waals surface area contributed by atoms with Gasteiger partial charge in [0, 0.05) is 24.0 Å². The van der Waals surface area contributed by atoms with Crippen molar-refractivity contribution >= 4 is 17.7 Å². The average molecular weight is 397 g/mol. The van der Waals surface area contributed by atoms with Gasteiger partial charge < -0.3 is 19.6 Å². The Labute approximate surface area is 166 Å². The number of hydrogen-bond acceptors (Lipinski definition) is 8. The van der Waals surface area contributed by atoms with E-state index < -0.39 is 17.6 Å². The zero-order valence-corrected chi connectivity index (χ0v) is 16.0. The molecule has 0 atom stereocenters. The summed E-state index contributed by atoms with van der Waals surface area (Å²) in [7, 11) is 0. The average Bonchev–Trinajstić information content (AvgIpc) is 3.11. The third-order valence-electron chi connectivity index (χ3n) is 3.28. The van der Waals surface area contributed by atoms with Gasteiger partial charge in [0.05, 0.1) is 0 Å². The second-order valence-electron chi connectivity index (χ2n) is 6.88. The van der Waals surface area contributed by atoms with Gasteiger partial charge in [-0.2, -0.15) is 4.98 Å². The highest BCUT2D eigenvalue weighted by atomic mass is 16.6. The normalized spacial score (nSPS) is 11.0. The molecule has 3 rings (SSSR count). The lowest BCUT2D eigenvalue weighted by Crippen LogP contribution is -2.27. The quantitative estimate of drug-likeness (QED) is 0.667. The van der Waals surface area contributed by atoms with Crippen LogP contribution < -0.4 is 15.8 Å². The van der Waals surface area contributed by atoms with Gasteiger partial charge in [0.25, 0.3) is 11.8 Å². The molecule has 3 aromatic rings. The van der Waals surface area contributed by atoms with Crippen molar-refractivity contribution in [3.8, 4) is 23.3 Å². The van der Waals surface area contributed by atoms with Crippen LogP contribution >= 0.6 is 0 Å².